The smallest absolute Gasteiger partial charge is 0.310 e. The number of carbonyl (C=O) groups is 1. The second-order valence-electron chi connectivity index (χ2n) is 5.20. The number of aliphatic carboxylic acids is 1. The Morgan fingerprint density at radius 3 is 2.85 bits per heavy atom. The average Bonchev–Trinajstić information content (AvgIpc) is 2.89. The fourth-order valence-corrected chi connectivity index (χ4v) is 2.57. The first kappa shape index (κ1) is 14.9. The second kappa shape index (κ2) is 6.33. The Bertz CT molecular complexity index is 492. The lowest BCUT2D eigenvalue weighted by Gasteiger charge is -2.29. The first-order valence-corrected chi connectivity index (χ1v) is 6.82. The molecule has 110 valence electrons. The van der Waals surface area contributed by atoms with E-state index in [-0.39, 0.29) is 18.5 Å². The van der Waals surface area contributed by atoms with Crippen molar-refractivity contribution >= 4 is 5.97 Å². The lowest BCUT2D eigenvalue weighted by Crippen LogP contribution is -2.42. The maximum Gasteiger partial charge on any atom is 0.310 e. The van der Waals surface area contributed by atoms with E-state index in [1.165, 1.54) is 6.07 Å². The Balaban J connectivity index is 2.12. The quantitative estimate of drug-likeness (QED) is 0.897. The third-order valence-electron chi connectivity index (χ3n) is 3.86. The highest BCUT2D eigenvalue weighted by Crippen LogP contribution is 2.22. The molecule has 1 N–H and O–H groups in total. The number of carboxylic acid groups (broad SMARTS) is 1. The predicted octanol–water partition coefficient (Wildman–Crippen LogP) is 2.06. The molecule has 0 spiro atoms. The van der Waals surface area contributed by atoms with Crippen LogP contribution in [0.2, 0.25) is 0 Å². The summed E-state index contributed by atoms with van der Waals surface area (Å²) in [5.74, 6) is -1.57. The summed E-state index contributed by atoms with van der Waals surface area (Å²) >= 11 is 0. The second-order valence-corrected chi connectivity index (χ2v) is 5.20. The van der Waals surface area contributed by atoms with Crippen LogP contribution >= 0.6 is 0 Å². The van der Waals surface area contributed by atoms with Gasteiger partial charge in [-0.1, -0.05) is 19.1 Å². The summed E-state index contributed by atoms with van der Waals surface area (Å²) in [6.07, 6.45) is 0. The minimum Gasteiger partial charge on any atom is -0.481 e. The normalized spacial score (nSPS) is 22.4. The number of hydrogen-bond acceptors (Lipinski definition) is 3. The zero-order chi connectivity index (χ0) is 14.7. The fourth-order valence-electron chi connectivity index (χ4n) is 2.57. The van der Waals surface area contributed by atoms with Crippen LogP contribution < -0.4 is 0 Å². The largest absolute Gasteiger partial charge is 0.481 e. The van der Waals surface area contributed by atoms with Gasteiger partial charge in [0, 0.05) is 12.6 Å². The summed E-state index contributed by atoms with van der Waals surface area (Å²) in [6, 6.07) is 5.00. The number of rotatable bonds is 5. The monoisotopic (exact) mass is 281 g/mol. The Labute approximate surface area is 118 Å². The first-order chi connectivity index (χ1) is 9.52. The molecule has 1 fully saturated rings. The topological polar surface area (TPSA) is 49.8 Å². The minimum atomic E-state index is -0.832. The lowest BCUT2D eigenvalue weighted by atomic mass is 10.0. The van der Waals surface area contributed by atoms with Gasteiger partial charge in [-0.25, -0.2) is 4.39 Å². The van der Waals surface area contributed by atoms with E-state index < -0.39 is 11.9 Å². The molecule has 20 heavy (non-hydrogen) atoms. The number of hydrogen-bond donors (Lipinski definition) is 1. The van der Waals surface area contributed by atoms with Crippen molar-refractivity contribution < 1.29 is 19.0 Å². The summed E-state index contributed by atoms with van der Waals surface area (Å²) in [4.78, 5) is 13.3. The highest BCUT2D eigenvalue weighted by molar-refractivity contribution is 5.71. The summed E-state index contributed by atoms with van der Waals surface area (Å²) < 4.78 is 18.9. The molecule has 5 heteroatoms. The third-order valence-corrected chi connectivity index (χ3v) is 3.86. The molecular weight excluding hydrogens is 261 g/mol. The van der Waals surface area contributed by atoms with Crippen molar-refractivity contribution in [3.8, 4) is 0 Å². The number of likely N-dealkylation sites (N-methyl/N-ethyl adjacent to an activating group) is 1. The van der Waals surface area contributed by atoms with Gasteiger partial charge in [-0.3, -0.25) is 9.69 Å². The molecule has 1 aromatic carbocycles. The standard InChI is InChI=1S/C15H20FNO3/c1-3-17(14-9-20-8-12(14)15(18)19)7-11-5-4-10(2)13(16)6-11/h4-6,12,14H,3,7-9H2,1-2H3,(H,18,19). The van der Waals surface area contributed by atoms with Crippen LogP contribution in [0.3, 0.4) is 0 Å². The number of aryl methyl sites for hydroxylation is 1. The van der Waals surface area contributed by atoms with Crippen LogP contribution in [0.4, 0.5) is 4.39 Å². The van der Waals surface area contributed by atoms with Gasteiger partial charge in [0.25, 0.3) is 0 Å². The molecule has 1 aliphatic heterocycles. The van der Waals surface area contributed by atoms with Crippen LogP contribution in [0.15, 0.2) is 18.2 Å². The molecule has 0 amide bonds. The zero-order valence-electron chi connectivity index (χ0n) is 11.8. The van der Waals surface area contributed by atoms with Crippen LogP contribution in [0.5, 0.6) is 0 Å². The molecule has 1 saturated heterocycles. The number of halogens is 1. The predicted molar refractivity (Wildman–Crippen MR) is 73.0 cm³/mol. The van der Waals surface area contributed by atoms with Crippen LogP contribution in [-0.4, -0.2) is 41.8 Å². The van der Waals surface area contributed by atoms with Gasteiger partial charge in [-0.2, -0.15) is 0 Å². The summed E-state index contributed by atoms with van der Waals surface area (Å²) in [5, 5.41) is 9.21. The van der Waals surface area contributed by atoms with Gasteiger partial charge in [-0.15, -0.1) is 0 Å². The van der Waals surface area contributed by atoms with Crippen molar-refractivity contribution in [1.29, 1.82) is 0 Å². The van der Waals surface area contributed by atoms with Crippen LogP contribution in [-0.2, 0) is 16.1 Å². The maximum atomic E-state index is 13.6. The van der Waals surface area contributed by atoms with Crippen molar-refractivity contribution in [2.75, 3.05) is 19.8 Å². The van der Waals surface area contributed by atoms with Crippen molar-refractivity contribution in [2.24, 2.45) is 5.92 Å². The molecule has 0 aromatic heterocycles. The molecule has 0 aliphatic carbocycles. The van der Waals surface area contributed by atoms with Gasteiger partial charge in [0.1, 0.15) is 5.82 Å². The molecule has 1 heterocycles. The Hall–Kier alpha value is -1.46. The highest BCUT2D eigenvalue weighted by Gasteiger charge is 2.37. The molecule has 0 bridgehead atoms. The molecule has 0 saturated carbocycles. The molecular formula is C15H20FNO3. The Morgan fingerprint density at radius 1 is 1.50 bits per heavy atom. The van der Waals surface area contributed by atoms with E-state index in [0.717, 1.165) is 5.56 Å². The van der Waals surface area contributed by atoms with E-state index in [2.05, 4.69) is 0 Å². The maximum absolute atomic E-state index is 13.6. The van der Waals surface area contributed by atoms with E-state index in [0.29, 0.717) is 25.3 Å². The van der Waals surface area contributed by atoms with Gasteiger partial charge >= 0.3 is 5.97 Å². The molecule has 2 atom stereocenters. The van der Waals surface area contributed by atoms with Gasteiger partial charge in [-0.05, 0) is 30.7 Å². The Kier molecular flexibility index (Phi) is 4.73. The molecule has 4 nitrogen and oxygen atoms in total. The molecule has 2 unspecified atom stereocenters. The first-order valence-electron chi connectivity index (χ1n) is 6.82. The summed E-state index contributed by atoms with van der Waals surface area (Å²) in [6.45, 7) is 5.60. The lowest BCUT2D eigenvalue weighted by molar-refractivity contribution is -0.143. The Morgan fingerprint density at radius 2 is 2.25 bits per heavy atom. The molecule has 2 rings (SSSR count). The van der Waals surface area contributed by atoms with Gasteiger partial charge in [0.05, 0.1) is 19.1 Å². The number of ether oxygens (including phenoxy) is 1. The summed E-state index contributed by atoms with van der Waals surface area (Å²) in [7, 11) is 0. The molecule has 1 aromatic rings. The SMILES string of the molecule is CCN(Cc1ccc(C)c(F)c1)C1COCC1C(=O)O. The van der Waals surface area contributed by atoms with Gasteiger partial charge in [0.2, 0.25) is 0 Å². The highest BCUT2D eigenvalue weighted by atomic mass is 19.1. The minimum absolute atomic E-state index is 0.151. The third kappa shape index (κ3) is 3.16. The van der Waals surface area contributed by atoms with Crippen LogP contribution in [0.25, 0.3) is 0 Å². The molecule has 1 aliphatic rings. The van der Waals surface area contributed by atoms with E-state index in [1.54, 1.807) is 13.0 Å². The van der Waals surface area contributed by atoms with E-state index in [4.69, 9.17) is 4.74 Å². The van der Waals surface area contributed by atoms with Crippen molar-refractivity contribution in [1.82, 2.24) is 4.90 Å². The van der Waals surface area contributed by atoms with Crippen LogP contribution in [0.1, 0.15) is 18.1 Å². The number of carboxylic acids is 1. The number of benzene rings is 1. The van der Waals surface area contributed by atoms with E-state index in [1.807, 2.05) is 17.9 Å². The summed E-state index contributed by atoms with van der Waals surface area (Å²) in [5.41, 5.74) is 1.47. The van der Waals surface area contributed by atoms with Crippen molar-refractivity contribution in [2.45, 2.75) is 26.4 Å². The van der Waals surface area contributed by atoms with Gasteiger partial charge < -0.3 is 9.84 Å². The average molecular weight is 281 g/mol. The van der Waals surface area contributed by atoms with Crippen molar-refractivity contribution in [3.05, 3.63) is 35.1 Å². The van der Waals surface area contributed by atoms with Crippen molar-refractivity contribution in [3.63, 3.8) is 0 Å². The van der Waals surface area contributed by atoms with E-state index in [9.17, 15) is 14.3 Å². The van der Waals surface area contributed by atoms with Gasteiger partial charge in [0.15, 0.2) is 0 Å². The zero-order valence-corrected chi connectivity index (χ0v) is 11.8. The fraction of sp³-hybridized carbons (Fsp3) is 0.533. The molecule has 0 radical (unpaired) electrons. The van der Waals surface area contributed by atoms with Crippen LogP contribution in [0, 0.1) is 18.7 Å². The van der Waals surface area contributed by atoms with E-state index >= 15 is 0 Å². The number of nitrogens with zero attached hydrogens (tertiary/aromatic N) is 1.